The molecule has 0 saturated carbocycles. The maximum Gasteiger partial charge on any atom is 0.120 e. The number of hydrogen-bond acceptors (Lipinski definition) is 5. The highest BCUT2D eigenvalue weighted by Crippen LogP contribution is 2.27. The largest absolute Gasteiger partial charge is 0.508 e. The zero-order valence-electron chi connectivity index (χ0n) is 11.1. The minimum atomic E-state index is -0.0215. The molecular weight excluding hydrogens is 260 g/mol. The second-order valence-corrected chi connectivity index (χ2v) is 5.59. The van der Waals surface area contributed by atoms with E-state index in [9.17, 15) is 10.2 Å². The number of phenols is 2. The number of nitrogens with one attached hydrogen (secondary N) is 1. The van der Waals surface area contributed by atoms with Gasteiger partial charge in [0.1, 0.15) is 11.5 Å². The number of thiazole rings is 1. The molecule has 0 saturated heterocycles. The molecule has 0 aliphatic carbocycles. The molecule has 1 aromatic heterocycles. The predicted octanol–water partition coefficient (Wildman–Crippen LogP) is 2.76. The quantitative estimate of drug-likeness (QED) is 0.736. The van der Waals surface area contributed by atoms with Crippen LogP contribution >= 0.6 is 11.3 Å². The zero-order valence-corrected chi connectivity index (χ0v) is 11.9. The monoisotopic (exact) mass is 278 g/mol. The third-order valence-electron chi connectivity index (χ3n) is 2.98. The molecule has 5 heteroatoms. The van der Waals surface area contributed by atoms with Crippen molar-refractivity contribution in [2.75, 3.05) is 6.54 Å². The van der Waals surface area contributed by atoms with Crippen LogP contribution in [-0.4, -0.2) is 21.7 Å². The van der Waals surface area contributed by atoms with Crippen molar-refractivity contribution in [2.24, 2.45) is 0 Å². The summed E-state index contributed by atoms with van der Waals surface area (Å²) >= 11 is 1.65. The van der Waals surface area contributed by atoms with Crippen molar-refractivity contribution in [1.29, 1.82) is 0 Å². The van der Waals surface area contributed by atoms with Crippen molar-refractivity contribution in [3.63, 3.8) is 0 Å². The first-order valence-electron chi connectivity index (χ1n) is 6.22. The number of aromatic hydroxyl groups is 2. The number of aryl methyl sites for hydroxylation is 1. The molecule has 3 N–H and O–H groups in total. The predicted molar refractivity (Wildman–Crippen MR) is 76.7 cm³/mol. The molecule has 1 aromatic carbocycles. The van der Waals surface area contributed by atoms with Gasteiger partial charge in [0, 0.05) is 30.0 Å². The van der Waals surface area contributed by atoms with Crippen LogP contribution < -0.4 is 5.32 Å². The summed E-state index contributed by atoms with van der Waals surface area (Å²) in [6, 6.07) is 4.54. The molecule has 2 aromatic rings. The Morgan fingerprint density at radius 3 is 2.84 bits per heavy atom. The lowest BCUT2D eigenvalue weighted by Gasteiger charge is -2.15. The molecule has 0 aliphatic rings. The Labute approximate surface area is 116 Å². The van der Waals surface area contributed by atoms with Crippen LogP contribution in [-0.2, 0) is 6.42 Å². The van der Waals surface area contributed by atoms with E-state index in [2.05, 4.69) is 15.7 Å². The molecule has 1 atom stereocenters. The van der Waals surface area contributed by atoms with Crippen LogP contribution in [0.15, 0.2) is 23.6 Å². The molecule has 0 spiro atoms. The molecule has 1 heterocycles. The second-order valence-electron chi connectivity index (χ2n) is 4.53. The summed E-state index contributed by atoms with van der Waals surface area (Å²) in [4.78, 5) is 4.40. The summed E-state index contributed by atoms with van der Waals surface area (Å²) in [7, 11) is 0. The van der Waals surface area contributed by atoms with E-state index in [1.165, 1.54) is 12.1 Å². The highest BCUT2D eigenvalue weighted by atomic mass is 32.1. The van der Waals surface area contributed by atoms with Gasteiger partial charge < -0.3 is 15.5 Å². The highest BCUT2D eigenvalue weighted by Gasteiger charge is 2.10. The molecule has 102 valence electrons. The van der Waals surface area contributed by atoms with Gasteiger partial charge in [0.25, 0.3) is 0 Å². The van der Waals surface area contributed by atoms with E-state index in [1.54, 1.807) is 17.4 Å². The summed E-state index contributed by atoms with van der Waals surface area (Å²) in [5, 5.41) is 25.7. The molecular formula is C14H18N2O2S. The van der Waals surface area contributed by atoms with Gasteiger partial charge in [0.15, 0.2) is 0 Å². The Bertz CT molecular complexity index is 554. The maximum atomic E-state index is 9.76. The van der Waals surface area contributed by atoms with Gasteiger partial charge in [0.05, 0.1) is 10.7 Å². The average molecular weight is 278 g/mol. The van der Waals surface area contributed by atoms with E-state index in [-0.39, 0.29) is 17.5 Å². The third-order valence-corrected chi connectivity index (χ3v) is 3.80. The van der Waals surface area contributed by atoms with Crippen LogP contribution in [0.4, 0.5) is 0 Å². The van der Waals surface area contributed by atoms with E-state index >= 15 is 0 Å². The number of rotatable bonds is 5. The van der Waals surface area contributed by atoms with Crippen molar-refractivity contribution in [2.45, 2.75) is 26.3 Å². The molecule has 4 nitrogen and oxygen atoms in total. The standard InChI is InChI=1S/C14H18N2O2S/c1-9(13-7-12(17)3-4-14(13)18)15-6-5-11-8-19-10(2)16-11/h3-4,7-9,15,17-18H,5-6H2,1-2H3. The van der Waals surface area contributed by atoms with Crippen LogP contribution in [0.2, 0.25) is 0 Å². The van der Waals surface area contributed by atoms with Gasteiger partial charge in [-0.3, -0.25) is 0 Å². The fourth-order valence-electron chi connectivity index (χ4n) is 1.94. The summed E-state index contributed by atoms with van der Waals surface area (Å²) in [5.41, 5.74) is 1.79. The minimum absolute atomic E-state index is 0.0215. The molecule has 1 unspecified atom stereocenters. The van der Waals surface area contributed by atoms with Crippen LogP contribution in [0.3, 0.4) is 0 Å². The lowest BCUT2D eigenvalue weighted by molar-refractivity contribution is 0.441. The molecule has 0 radical (unpaired) electrons. The Kier molecular flexibility index (Phi) is 4.39. The smallest absolute Gasteiger partial charge is 0.120 e. The number of benzene rings is 1. The molecule has 0 fully saturated rings. The van der Waals surface area contributed by atoms with Crippen LogP contribution in [0.5, 0.6) is 11.5 Å². The highest BCUT2D eigenvalue weighted by molar-refractivity contribution is 7.09. The normalized spacial score (nSPS) is 12.5. The second kappa shape index (κ2) is 6.04. The number of aromatic nitrogens is 1. The van der Waals surface area contributed by atoms with Gasteiger partial charge in [-0.05, 0) is 32.0 Å². The number of phenolic OH excluding ortho intramolecular Hbond substituents is 2. The minimum Gasteiger partial charge on any atom is -0.508 e. The first-order valence-corrected chi connectivity index (χ1v) is 7.10. The van der Waals surface area contributed by atoms with Crippen LogP contribution in [0.1, 0.15) is 29.2 Å². The number of nitrogens with zero attached hydrogens (tertiary/aromatic N) is 1. The van der Waals surface area contributed by atoms with Gasteiger partial charge in [0.2, 0.25) is 0 Å². The van der Waals surface area contributed by atoms with Gasteiger partial charge in [-0.15, -0.1) is 11.3 Å². The van der Waals surface area contributed by atoms with Crippen molar-refractivity contribution in [1.82, 2.24) is 10.3 Å². The lowest BCUT2D eigenvalue weighted by Crippen LogP contribution is -2.21. The first-order chi connectivity index (χ1) is 9.06. The molecule has 2 rings (SSSR count). The fraction of sp³-hybridized carbons (Fsp3) is 0.357. The molecule has 19 heavy (non-hydrogen) atoms. The Morgan fingerprint density at radius 2 is 2.16 bits per heavy atom. The van der Waals surface area contributed by atoms with Crippen molar-refractivity contribution < 1.29 is 10.2 Å². The topological polar surface area (TPSA) is 65.4 Å². The summed E-state index contributed by atoms with van der Waals surface area (Å²) in [6.45, 7) is 4.73. The SMILES string of the molecule is Cc1nc(CCNC(C)c2cc(O)ccc2O)cs1. The number of hydrogen-bond donors (Lipinski definition) is 3. The molecule has 0 amide bonds. The zero-order chi connectivity index (χ0) is 13.8. The molecule has 0 bridgehead atoms. The van der Waals surface area contributed by atoms with Crippen molar-refractivity contribution >= 4 is 11.3 Å². The van der Waals surface area contributed by atoms with Crippen LogP contribution in [0, 0.1) is 6.92 Å². The van der Waals surface area contributed by atoms with E-state index in [4.69, 9.17) is 0 Å². The average Bonchev–Trinajstić information content (AvgIpc) is 2.78. The Hall–Kier alpha value is -1.59. The Morgan fingerprint density at radius 1 is 1.37 bits per heavy atom. The van der Waals surface area contributed by atoms with Gasteiger partial charge in [-0.2, -0.15) is 0 Å². The van der Waals surface area contributed by atoms with E-state index in [1.807, 2.05) is 13.8 Å². The van der Waals surface area contributed by atoms with E-state index in [0.29, 0.717) is 5.56 Å². The van der Waals surface area contributed by atoms with Crippen LogP contribution in [0.25, 0.3) is 0 Å². The van der Waals surface area contributed by atoms with Crippen molar-refractivity contribution in [3.8, 4) is 11.5 Å². The summed E-state index contributed by atoms with van der Waals surface area (Å²) in [5.74, 6) is 0.360. The van der Waals surface area contributed by atoms with Gasteiger partial charge in [-0.1, -0.05) is 0 Å². The summed E-state index contributed by atoms with van der Waals surface area (Å²) in [6.07, 6.45) is 0.855. The third kappa shape index (κ3) is 3.68. The Balaban J connectivity index is 1.90. The van der Waals surface area contributed by atoms with Gasteiger partial charge >= 0.3 is 0 Å². The van der Waals surface area contributed by atoms with Crippen molar-refractivity contribution in [3.05, 3.63) is 39.8 Å². The lowest BCUT2D eigenvalue weighted by atomic mass is 10.1. The molecule has 0 aliphatic heterocycles. The van der Waals surface area contributed by atoms with E-state index in [0.717, 1.165) is 23.7 Å². The summed E-state index contributed by atoms with van der Waals surface area (Å²) < 4.78 is 0. The fourth-order valence-corrected chi connectivity index (χ4v) is 2.59. The first kappa shape index (κ1) is 13.8. The maximum absolute atomic E-state index is 9.76. The van der Waals surface area contributed by atoms with Gasteiger partial charge in [-0.25, -0.2) is 4.98 Å². The van der Waals surface area contributed by atoms with E-state index < -0.39 is 0 Å².